The van der Waals surface area contributed by atoms with E-state index in [-0.39, 0.29) is 0 Å². The topological polar surface area (TPSA) is 55.6 Å². The number of rotatable bonds is 4. The Morgan fingerprint density at radius 1 is 1.26 bits per heavy atom. The van der Waals surface area contributed by atoms with Crippen LogP contribution in [0, 0.1) is 5.92 Å². The summed E-state index contributed by atoms with van der Waals surface area (Å²) in [7, 11) is 0. The number of carbonyl (C=O) groups excluding carboxylic acids is 1. The standard InChI is InChI=1S/C15H28N2O2/c1-2-19-14-6-8-17(9-7-14)15(18)11-12-4-3-5-13(16)10-12/h12-14H,2-11,16H2,1H3. The molecule has 0 aromatic heterocycles. The SMILES string of the molecule is CCOC1CCN(C(=O)CC2CCCC(N)C2)CC1. The third kappa shape index (κ3) is 4.46. The van der Waals surface area contributed by atoms with Gasteiger partial charge in [0.15, 0.2) is 0 Å². The third-order valence-corrected chi connectivity index (χ3v) is 4.48. The van der Waals surface area contributed by atoms with E-state index in [2.05, 4.69) is 0 Å². The number of ether oxygens (including phenoxy) is 1. The molecule has 0 aromatic rings. The summed E-state index contributed by atoms with van der Waals surface area (Å²) in [6, 6.07) is 0.315. The number of piperidine rings is 1. The van der Waals surface area contributed by atoms with E-state index in [1.54, 1.807) is 0 Å². The molecule has 0 radical (unpaired) electrons. The van der Waals surface area contributed by atoms with Crippen molar-refractivity contribution in [1.82, 2.24) is 4.90 Å². The van der Waals surface area contributed by atoms with Crippen molar-refractivity contribution in [1.29, 1.82) is 0 Å². The Labute approximate surface area is 116 Å². The molecule has 2 atom stereocenters. The summed E-state index contributed by atoms with van der Waals surface area (Å²) >= 11 is 0. The van der Waals surface area contributed by atoms with Gasteiger partial charge in [-0.15, -0.1) is 0 Å². The van der Waals surface area contributed by atoms with Crippen LogP contribution >= 0.6 is 0 Å². The number of carbonyl (C=O) groups is 1. The van der Waals surface area contributed by atoms with E-state index in [1.165, 1.54) is 12.8 Å². The molecule has 0 bridgehead atoms. The van der Waals surface area contributed by atoms with Gasteiger partial charge in [-0.1, -0.05) is 6.42 Å². The lowest BCUT2D eigenvalue weighted by Gasteiger charge is -2.34. The maximum absolute atomic E-state index is 12.3. The molecule has 0 aromatic carbocycles. The van der Waals surface area contributed by atoms with Gasteiger partial charge >= 0.3 is 0 Å². The van der Waals surface area contributed by atoms with Gasteiger partial charge in [0, 0.05) is 32.2 Å². The average Bonchev–Trinajstić information content (AvgIpc) is 2.40. The molecule has 2 aliphatic rings. The normalized spacial score (nSPS) is 29.5. The van der Waals surface area contributed by atoms with Crippen LogP contribution in [-0.4, -0.2) is 42.6 Å². The zero-order chi connectivity index (χ0) is 13.7. The molecule has 110 valence electrons. The van der Waals surface area contributed by atoms with Crippen LogP contribution in [0.25, 0.3) is 0 Å². The first kappa shape index (κ1) is 14.8. The van der Waals surface area contributed by atoms with Crippen LogP contribution in [0.3, 0.4) is 0 Å². The first-order chi connectivity index (χ1) is 9.19. The zero-order valence-corrected chi connectivity index (χ0v) is 12.1. The van der Waals surface area contributed by atoms with Crippen molar-refractivity contribution < 1.29 is 9.53 Å². The minimum absolute atomic E-state index is 0.315. The van der Waals surface area contributed by atoms with E-state index in [0.717, 1.165) is 45.4 Å². The Morgan fingerprint density at radius 3 is 2.63 bits per heavy atom. The molecule has 1 heterocycles. The van der Waals surface area contributed by atoms with Gasteiger partial charge in [0.25, 0.3) is 0 Å². The summed E-state index contributed by atoms with van der Waals surface area (Å²) in [5.74, 6) is 0.843. The number of nitrogens with two attached hydrogens (primary N) is 1. The summed E-state index contributed by atoms with van der Waals surface area (Å²) in [6.45, 7) is 4.53. The molecule has 1 aliphatic heterocycles. The van der Waals surface area contributed by atoms with E-state index >= 15 is 0 Å². The van der Waals surface area contributed by atoms with Gasteiger partial charge in [0.05, 0.1) is 6.10 Å². The lowest BCUT2D eigenvalue weighted by Crippen LogP contribution is -2.42. The Balaban J connectivity index is 1.72. The molecule has 2 N–H and O–H groups in total. The Hall–Kier alpha value is -0.610. The Kier molecular flexibility index (Phi) is 5.64. The highest BCUT2D eigenvalue weighted by atomic mass is 16.5. The fourth-order valence-electron chi connectivity index (χ4n) is 3.40. The van der Waals surface area contributed by atoms with E-state index < -0.39 is 0 Å². The molecule has 1 aliphatic carbocycles. The summed E-state index contributed by atoms with van der Waals surface area (Å²) in [4.78, 5) is 14.3. The molecule has 4 nitrogen and oxygen atoms in total. The van der Waals surface area contributed by atoms with Crippen molar-refractivity contribution >= 4 is 5.91 Å². The molecule has 1 saturated heterocycles. The summed E-state index contributed by atoms with van der Waals surface area (Å²) in [5.41, 5.74) is 5.99. The van der Waals surface area contributed by atoms with Gasteiger partial charge in [-0.2, -0.15) is 0 Å². The van der Waals surface area contributed by atoms with Crippen molar-refractivity contribution in [3.8, 4) is 0 Å². The smallest absolute Gasteiger partial charge is 0.222 e. The van der Waals surface area contributed by atoms with Crippen molar-refractivity contribution in [3.63, 3.8) is 0 Å². The van der Waals surface area contributed by atoms with Crippen molar-refractivity contribution in [2.75, 3.05) is 19.7 Å². The van der Waals surface area contributed by atoms with Crippen LogP contribution in [0.5, 0.6) is 0 Å². The highest BCUT2D eigenvalue weighted by molar-refractivity contribution is 5.76. The van der Waals surface area contributed by atoms with Gasteiger partial charge < -0.3 is 15.4 Å². The van der Waals surface area contributed by atoms with Crippen LogP contribution in [0.4, 0.5) is 0 Å². The fourth-order valence-corrected chi connectivity index (χ4v) is 3.40. The first-order valence-electron chi connectivity index (χ1n) is 7.84. The molecule has 0 spiro atoms. The zero-order valence-electron chi connectivity index (χ0n) is 12.1. The number of nitrogens with zero attached hydrogens (tertiary/aromatic N) is 1. The van der Waals surface area contributed by atoms with Crippen LogP contribution in [0.15, 0.2) is 0 Å². The van der Waals surface area contributed by atoms with Crippen LogP contribution in [0.1, 0.15) is 51.9 Å². The lowest BCUT2D eigenvalue weighted by atomic mass is 9.84. The molecular formula is C15H28N2O2. The largest absolute Gasteiger partial charge is 0.378 e. The lowest BCUT2D eigenvalue weighted by molar-refractivity contribution is -0.135. The highest BCUT2D eigenvalue weighted by Gasteiger charge is 2.27. The minimum Gasteiger partial charge on any atom is -0.378 e. The second-order valence-corrected chi connectivity index (χ2v) is 6.03. The van der Waals surface area contributed by atoms with Crippen molar-refractivity contribution in [3.05, 3.63) is 0 Å². The number of likely N-dealkylation sites (tertiary alicyclic amines) is 1. The summed E-state index contributed by atoms with van der Waals surface area (Å²) < 4.78 is 5.62. The van der Waals surface area contributed by atoms with E-state index in [1.807, 2.05) is 11.8 Å². The number of hydrogen-bond donors (Lipinski definition) is 1. The van der Waals surface area contributed by atoms with Gasteiger partial charge in [0.1, 0.15) is 0 Å². The van der Waals surface area contributed by atoms with Crippen molar-refractivity contribution in [2.45, 2.75) is 64.0 Å². The quantitative estimate of drug-likeness (QED) is 0.847. The average molecular weight is 268 g/mol. The van der Waals surface area contributed by atoms with Crippen molar-refractivity contribution in [2.24, 2.45) is 11.7 Å². The Morgan fingerprint density at radius 2 is 2.00 bits per heavy atom. The van der Waals surface area contributed by atoms with Gasteiger partial charge in [-0.3, -0.25) is 4.79 Å². The number of hydrogen-bond acceptors (Lipinski definition) is 3. The van der Waals surface area contributed by atoms with Gasteiger partial charge in [-0.25, -0.2) is 0 Å². The molecule has 1 saturated carbocycles. The molecule has 2 rings (SSSR count). The molecular weight excluding hydrogens is 240 g/mol. The first-order valence-corrected chi connectivity index (χ1v) is 7.84. The van der Waals surface area contributed by atoms with Crippen LogP contribution in [0.2, 0.25) is 0 Å². The molecule has 2 fully saturated rings. The van der Waals surface area contributed by atoms with E-state index in [9.17, 15) is 4.79 Å². The van der Waals surface area contributed by atoms with Crippen LogP contribution in [-0.2, 0) is 9.53 Å². The maximum atomic E-state index is 12.3. The predicted octanol–water partition coefficient (Wildman–Crippen LogP) is 1.92. The molecule has 4 heteroatoms. The van der Waals surface area contributed by atoms with Gasteiger partial charge in [0.2, 0.25) is 5.91 Å². The highest BCUT2D eigenvalue weighted by Crippen LogP contribution is 2.27. The monoisotopic (exact) mass is 268 g/mol. The van der Waals surface area contributed by atoms with E-state index in [4.69, 9.17) is 10.5 Å². The molecule has 19 heavy (non-hydrogen) atoms. The third-order valence-electron chi connectivity index (χ3n) is 4.48. The maximum Gasteiger partial charge on any atom is 0.222 e. The summed E-state index contributed by atoms with van der Waals surface area (Å²) in [6.07, 6.45) is 7.56. The Bertz CT molecular complexity index is 288. The second kappa shape index (κ2) is 7.25. The summed E-state index contributed by atoms with van der Waals surface area (Å²) in [5, 5.41) is 0. The predicted molar refractivity (Wildman–Crippen MR) is 75.8 cm³/mol. The minimum atomic E-state index is 0.315. The number of amides is 1. The van der Waals surface area contributed by atoms with Crippen LogP contribution < -0.4 is 5.73 Å². The fraction of sp³-hybridized carbons (Fsp3) is 0.933. The van der Waals surface area contributed by atoms with Gasteiger partial charge in [-0.05, 0) is 44.9 Å². The van der Waals surface area contributed by atoms with E-state index in [0.29, 0.717) is 30.4 Å². The second-order valence-electron chi connectivity index (χ2n) is 6.03. The molecule has 2 unspecified atom stereocenters. The molecule has 1 amide bonds.